The molecule has 2 rings (SSSR count). The van der Waals surface area contributed by atoms with Crippen LogP contribution in [-0.2, 0) is 13.0 Å². The quantitative estimate of drug-likeness (QED) is 0.750. The third-order valence-corrected chi connectivity index (χ3v) is 3.91. The molecular weight excluding hydrogens is 263 g/mol. The Bertz CT molecular complexity index is 563. The first kappa shape index (κ1) is 14.3. The zero-order valence-electron chi connectivity index (χ0n) is 11.7. The Kier molecular flexibility index (Phi) is 4.46. The summed E-state index contributed by atoms with van der Waals surface area (Å²) in [6.07, 6.45) is 0.711. The minimum absolute atomic E-state index is 0.219. The molecule has 1 atom stereocenters. The van der Waals surface area contributed by atoms with Crippen molar-refractivity contribution in [3.05, 3.63) is 29.8 Å². The Morgan fingerprint density at radius 3 is 2.68 bits per heavy atom. The molecular formula is C15H20ClFN2. The summed E-state index contributed by atoms with van der Waals surface area (Å²) in [5, 5.41) is 0. The van der Waals surface area contributed by atoms with E-state index in [-0.39, 0.29) is 5.82 Å². The number of rotatable bonds is 5. The van der Waals surface area contributed by atoms with E-state index in [1.165, 1.54) is 6.07 Å². The van der Waals surface area contributed by atoms with Crippen molar-refractivity contribution in [3.8, 4) is 0 Å². The molecule has 0 fully saturated rings. The van der Waals surface area contributed by atoms with Crippen LogP contribution < -0.4 is 0 Å². The third-order valence-electron chi connectivity index (χ3n) is 3.72. The predicted octanol–water partition coefficient (Wildman–Crippen LogP) is 4.25. The normalized spacial score (nSPS) is 13.4. The lowest BCUT2D eigenvalue weighted by atomic mass is 9.98. The molecule has 2 aromatic rings. The lowest BCUT2D eigenvalue weighted by Crippen LogP contribution is -2.15. The van der Waals surface area contributed by atoms with Crippen molar-refractivity contribution >= 4 is 22.6 Å². The molecule has 1 aromatic carbocycles. The molecule has 0 aliphatic heterocycles. The Morgan fingerprint density at radius 1 is 1.32 bits per heavy atom. The monoisotopic (exact) mass is 282 g/mol. The highest BCUT2D eigenvalue weighted by Gasteiger charge is 2.15. The van der Waals surface area contributed by atoms with E-state index in [2.05, 4.69) is 30.3 Å². The first-order valence-corrected chi connectivity index (χ1v) is 7.27. The van der Waals surface area contributed by atoms with E-state index < -0.39 is 0 Å². The standard InChI is InChI=1S/C15H20ClFN2/c1-10(2)11(3)9-19-14-8-12(17)4-5-13(14)18-15(19)6-7-16/h4-5,8,10-11H,6-7,9H2,1-3H3. The van der Waals surface area contributed by atoms with Crippen LogP contribution in [-0.4, -0.2) is 15.4 Å². The van der Waals surface area contributed by atoms with Gasteiger partial charge >= 0.3 is 0 Å². The number of aryl methyl sites for hydroxylation is 1. The predicted molar refractivity (Wildman–Crippen MR) is 78.1 cm³/mol. The molecule has 1 heterocycles. The van der Waals surface area contributed by atoms with Gasteiger partial charge < -0.3 is 4.57 Å². The van der Waals surface area contributed by atoms with Gasteiger partial charge in [-0.2, -0.15) is 0 Å². The molecule has 0 aliphatic carbocycles. The zero-order chi connectivity index (χ0) is 14.0. The van der Waals surface area contributed by atoms with Gasteiger partial charge in [0.2, 0.25) is 0 Å². The van der Waals surface area contributed by atoms with E-state index in [4.69, 9.17) is 11.6 Å². The fourth-order valence-electron chi connectivity index (χ4n) is 2.12. The molecule has 0 amide bonds. The van der Waals surface area contributed by atoms with E-state index in [9.17, 15) is 4.39 Å². The summed E-state index contributed by atoms with van der Waals surface area (Å²) in [7, 11) is 0. The van der Waals surface area contributed by atoms with Gasteiger partial charge in [0.15, 0.2) is 0 Å². The van der Waals surface area contributed by atoms with Gasteiger partial charge in [0.1, 0.15) is 11.6 Å². The van der Waals surface area contributed by atoms with Crippen LogP contribution in [0.15, 0.2) is 18.2 Å². The van der Waals surface area contributed by atoms with Crippen LogP contribution in [0.2, 0.25) is 0 Å². The number of halogens is 2. The van der Waals surface area contributed by atoms with Crippen molar-refractivity contribution in [3.63, 3.8) is 0 Å². The molecule has 1 aromatic heterocycles. The average Bonchev–Trinajstić information content (AvgIpc) is 2.68. The van der Waals surface area contributed by atoms with Crippen LogP contribution in [0.5, 0.6) is 0 Å². The minimum Gasteiger partial charge on any atom is -0.328 e. The third kappa shape index (κ3) is 3.08. The van der Waals surface area contributed by atoms with Gasteiger partial charge in [-0.3, -0.25) is 0 Å². The van der Waals surface area contributed by atoms with Gasteiger partial charge in [0.05, 0.1) is 11.0 Å². The maximum Gasteiger partial charge on any atom is 0.125 e. The Labute approximate surface area is 118 Å². The Hall–Kier alpha value is -1.09. The number of alkyl halides is 1. The van der Waals surface area contributed by atoms with Crippen LogP contribution >= 0.6 is 11.6 Å². The summed E-state index contributed by atoms with van der Waals surface area (Å²) in [6, 6.07) is 4.75. The van der Waals surface area contributed by atoms with Gasteiger partial charge in [-0.25, -0.2) is 9.37 Å². The van der Waals surface area contributed by atoms with Crippen molar-refractivity contribution in [2.24, 2.45) is 11.8 Å². The fourth-order valence-corrected chi connectivity index (χ4v) is 2.29. The van der Waals surface area contributed by atoms with Gasteiger partial charge in [-0.1, -0.05) is 20.8 Å². The van der Waals surface area contributed by atoms with E-state index in [1.807, 2.05) is 0 Å². The first-order valence-electron chi connectivity index (χ1n) is 6.73. The van der Waals surface area contributed by atoms with E-state index in [1.54, 1.807) is 12.1 Å². The lowest BCUT2D eigenvalue weighted by Gasteiger charge is -2.18. The van der Waals surface area contributed by atoms with Crippen molar-refractivity contribution in [2.45, 2.75) is 33.7 Å². The number of fused-ring (bicyclic) bond motifs is 1. The van der Waals surface area contributed by atoms with E-state index in [0.717, 1.165) is 23.4 Å². The van der Waals surface area contributed by atoms with Crippen LogP contribution in [0.25, 0.3) is 11.0 Å². The molecule has 0 aliphatic rings. The summed E-state index contributed by atoms with van der Waals surface area (Å²) in [5.74, 6) is 2.35. The molecule has 0 saturated carbocycles. The topological polar surface area (TPSA) is 17.8 Å². The van der Waals surface area contributed by atoms with Crippen LogP contribution in [0.4, 0.5) is 4.39 Å². The number of aromatic nitrogens is 2. The summed E-state index contributed by atoms with van der Waals surface area (Å²) < 4.78 is 15.6. The van der Waals surface area contributed by atoms with Crippen molar-refractivity contribution < 1.29 is 4.39 Å². The second kappa shape index (κ2) is 5.91. The highest BCUT2D eigenvalue weighted by Crippen LogP contribution is 2.22. The molecule has 0 bridgehead atoms. The van der Waals surface area contributed by atoms with E-state index >= 15 is 0 Å². The summed E-state index contributed by atoms with van der Waals surface area (Å²) in [4.78, 5) is 4.57. The molecule has 104 valence electrons. The summed E-state index contributed by atoms with van der Waals surface area (Å²) >= 11 is 5.84. The second-order valence-electron chi connectivity index (χ2n) is 5.43. The molecule has 0 saturated heterocycles. The smallest absolute Gasteiger partial charge is 0.125 e. The minimum atomic E-state index is -0.219. The summed E-state index contributed by atoms with van der Waals surface area (Å²) in [6.45, 7) is 7.46. The second-order valence-corrected chi connectivity index (χ2v) is 5.81. The van der Waals surface area contributed by atoms with Gasteiger partial charge in [0.25, 0.3) is 0 Å². The van der Waals surface area contributed by atoms with Gasteiger partial charge in [-0.15, -0.1) is 11.6 Å². The van der Waals surface area contributed by atoms with Crippen LogP contribution in [0, 0.1) is 17.7 Å². The molecule has 4 heteroatoms. The maximum absolute atomic E-state index is 13.4. The lowest BCUT2D eigenvalue weighted by molar-refractivity contribution is 0.364. The maximum atomic E-state index is 13.4. The molecule has 2 nitrogen and oxygen atoms in total. The molecule has 0 N–H and O–H groups in total. The molecule has 0 radical (unpaired) electrons. The van der Waals surface area contributed by atoms with Crippen LogP contribution in [0.3, 0.4) is 0 Å². The Balaban J connectivity index is 2.47. The average molecular weight is 283 g/mol. The first-order chi connectivity index (χ1) is 9.02. The van der Waals surface area contributed by atoms with Crippen molar-refractivity contribution in [1.29, 1.82) is 0 Å². The van der Waals surface area contributed by atoms with Crippen molar-refractivity contribution in [1.82, 2.24) is 9.55 Å². The van der Waals surface area contributed by atoms with Crippen LogP contribution in [0.1, 0.15) is 26.6 Å². The van der Waals surface area contributed by atoms with Gasteiger partial charge in [0, 0.05) is 18.8 Å². The molecule has 0 spiro atoms. The largest absolute Gasteiger partial charge is 0.328 e. The molecule has 19 heavy (non-hydrogen) atoms. The fraction of sp³-hybridized carbons (Fsp3) is 0.533. The number of nitrogens with zero attached hydrogens (tertiary/aromatic N) is 2. The number of hydrogen-bond donors (Lipinski definition) is 0. The zero-order valence-corrected chi connectivity index (χ0v) is 12.4. The number of imidazole rings is 1. The molecule has 1 unspecified atom stereocenters. The summed E-state index contributed by atoms with van der Waals surface area (Å²) in [5.41, 5.74) is 1.71. The Morgan fingerprint density at radius 2 is 2.05 bits per heavy atom. The number of hydrogen-bond acceptors (Lipinski definition) is 1. The van der Waals surface area contributed by atoms with E-state index in [0.29, 0.717) is 24.1 Å². The highest BCUT2D eigenvalue weighted by molar-refractivity contribution is 6.17. The highest BCUT2D eigenvalue weighted by atomic mass is 35.5. The number of benzene rings is 1. The van der Waals surface area contributed by atoms with Gasteiger partial charge in [-0.05, 0) is 30.0 Å². The van der Waals surface area contributed by atoms with Crippen molar-refractivity contribution in [2.75, 3.05) is 5.88 Å². The SMILES string of the molecule is CC(C)C(C)Cn1c(CCCl)nc2ccc(F)cc21.